The van der Waals surface area contributed by atoms with Crippen LogP contribution in [-0.4, -0.2) is 10.5 Å². The van der Waals surface area contributed by atoms with E-state index in [0.717, 1.165) is 0 Å². The second kappa shape index (κ2) is 1.36. The molecular weight excluding hydrogens is 104 g/mol. The first-order valence-electron chi connectivity index (χ1n) is 1.19. The molecule has 1 N–H and O–H groups in total. The molecule has 0 saturated heterocycles. The molecule has 0 bridgehead atoms. The Bertz CT molecular complexity index is 99.7. The molecule has 1 radical (unpaired) electrons. The molecule has 0 aromatic heterocycles. The molecule has 0 aliphatic carbocycles. The van der Waals surface area contributed by atoms with Gasteiger partial charge in [-0.2, -0.15) is 4.28 Å². The van der Waals surface area contributed by atoms with Gasteiger partial charge in [-0.1, -0.05) is 0 Å². The molecule has 4 nitrogen and oxygen atoms in total. The predicted molar refractivity (Wildman–Crippen MR) is 19.8 cm³/mol. The Labute approximate surface area is 37.0 Å². The minimum absolute atomic E-state index is 1.52. The van der Waals surface area contributed by atoms with Gasteiger partial charge in [0.15, 0.2) is 0 Å². The third kappa shape index (κ3) is 0.550. The Hall–Kier alpha value is -0.420. The molecule has 1 rings (SSSR count). The fraction of sp³-hybridized carbons (Fsp3) is 0. The van der Waals surface area contributed by atoms with Crippen molar-refractivity contribution in [3.8, 4) is 0 Å². The number of nitrogens with one attached hydrogen (secondary N) is 1. The number of hydrogen-bond donors (Lipinski definition) is 1. The van der Waals surface area contributed by atoms with Crippen molar-refractivity contribution in [2.75, 3.05) is 0 Å². The van der Waals surface area contributed by atoms with Crippen molar-refractivity contribution in [2.45, 2.75) is 0 Å². The van der Waals surface area contributed by atoms with Crippen molar-refractivity contribution < 1.29 is 8.49 Å². The maximum atomic E-state index is 9.84. The van der Waals surface area contributed by atoms with Crippen LogP contribution in [-0.2, 0) is 15.6 Å². The van der Waals surface area contributed by atoms with Gasteiger partial charge in [0.2, 0.25) is 6.34 Å². The lowest BCUT2D eigenvalue weighted by Gasteiger charge is -1.76. The van der Waals surface area contributed by atoms with Crippen LogP contribution in [0.15, 0.2) is 4.40 Å². The number of hydrogen-bond acceptors (Lipinski definition) is 3. The van der Waals surface area contributed by atoms with E-state index >= 15 is 0 Å². The van der Waals surface area contributed by atoms with Crippen LogP contribution in [0.25, 0.3) is 0 Å². The molecule has 0 amide bonds. The van der Waals surface area contributed by atoms with Crippen LogP contribution >= 0.6 is 0 Å². The van der Waals surface area contributed by atoms with Gasteiger partial charge in [0, 0.05) is 0 Å². The molecule has 1 aliphatic rings. The number of rotatable bonds is 0. The first-order valence-corrected chi connectivity index (χ1v) is 2.23. The van der Waals surface area contributed by atoms with Crippen LogP contribution in [0.2, 0.25) is 0 Å². The van der Waals surface area contributed by atoms with E-state index in [1.165, 1.54) is 0 Å². The van der Waals surface area contributed by atoms with E-state index in [1.807, 2.05) is 0 Å². The fourth-order valence-corrected chi connectivity index (χ4v) is 0.386. The van der Waals surface area contributed by atoms with E-state index in [-0.39, 0.29) is 0 Å². The standard InChI is InChI=1S/CHN2O2S/c4-6-3-1-2-5-6/h(H,2,3). The van der Waals surface area contributed by atoms with Crippen LogP contribution in [0.5, 0.6) is 0 Å². The molecule has 0 spiro atoms. The lowest BCUT2D eigenvalue weighted by Crippen LogP contribution is -2.02. The second-order valence-corrected chi connectivity index (χ2v) is 1.39. The Kier molecular flexibility index (Phi) is 0.849. The van der Waals surface area contributed by atoms with E-state index in [9.17, 15) is 4.21 Å². The average Bonchev–Trinajstić information content (AvgIpc) is 1.86. The van der Waals surface area contributed by atoms with E-state index in [0.29, 0.717) is 0 Å². The molecular formula is CHN2O2S. The van der Waals surface area contributed by atoms with Crippen molar-refractivity contribution in [1.29, 1.82) is 0 Å². The molecule has 1 heterocycles. The van der Waals surface area contributed by atoms with Gasteiger partial charge < -0.3 is 0 Å². The van der Waals surface area contributed by atoms with Crippen LogP contribution in [0.4, 0.5) is 0 Å². The zero-order valence-electron chi connectivity index (χ0n) is 2.67. The van der Waals surface area contributed by atoms with Crippen molar-refractivity contribution >= 4 is 17.6 Å². The summed E-state index contributed by atoms with van der Waals surface area (Å²) < 4.78 is 17.1. The first-order chi connectivity index (χ1) is 2.89. The lowest BCUT2D eigenvalue weighted by atomic mass is 11.4. The molecule has 0 aromatic rings. The van der Waals surface area contributed by atoms with Gasteiger partial charge >= 0.3 is 11.3 Å². The van der Waals surface area contributed by atoms with E-state index in [1.54, 1.807) is 0 Å². The quantitative estimate of drug-likeness (QED) is 0.430. The number of hydroxylamine groups is 1. The molecule has 1 unspecified atom stereocenters. The van der Waals surface area contributed by atoms with Gasteiger partial charge in [0.05, 0.1) is 0 Å². The van der Waals surface area contributed by atoms with Crippen molar-refractivity contribution in [1.82, 2.24) is 5.48 Å². The molecule has 1 atom stereocenters. The summed E-state index contributed by atoms with van der Waals surface area (Å²) in [4.78, 5) is 0. The Morgan fingerprint density at radius 2 is 2.83 bits per heavy atom. The van der Waals surface area contributed by atoms with E-state index in [2.05, 4.69) is 20.5 Å². The topological polar surface area (TPSA) is 50.7 Å². The highest BCUT2D eigenvalue weighted by atomic mass is 32.2. The molecule has 0 fully saturated rings. The zero-order chi connectivity index (χ0) is 4.41. The van der Waals surface area contributed by atoms with Gasteiger partial charge in [-0.15, -0.1) is 4.40 Å². The third-order valence-electron chi connectivity index (χ3n) is 0.279. The molecule has 0 aromatic carbocycles. The molecule has 0 saturated carbocycles. The summed E-state index contributed by atoms with van der Waals surface area (Å²) in [7, 11) is 0. The summed E-state index contributed by atoms with van der Waals surface area (Å²) >= 11 is -1.52. The van der Waals surface area contributed by atoms with Gasteiger partial charge in [-0.25, -0.2) is 9.69 Å². The zero-order valence-corrected chi connectivity index (χ0v) is 3.49. The maximum Gasteiger partial charge on any atom is 0.309 e. The Morgan fingerprint density at radius 1 is 2.00 bits per heavy atom. The summed E-state index contributed by atoms with van der Waals surface area (Å²) in [6, 6.07) is 0. The summed E-state index contributed by atoms with van der Waals surface area (Å²) in [6.07, 6.45) is 2.12. The summed E-state index contributed by atoms with van der Waals surface area (Å²) in [6.45, 7) is 0. The van der Waals surface area contributed by atoms with E-state index in [4.69, 9.17) is 0 Å². The summed E-state index contributed by atoms with van der Waals surface area (Å²) in [5.74, 6) is 0. The average molecular weight is 105 g/mol. The SMILES string of the molecule is O=S1N=[C]NO1. The monoisotopic (exact) mass is 105 g/mol. The molecule has 1 aliphatic heterocycles. The van der Waals surface area contributed by atoms with Gasteiger partial charge in [0.25, 0.3) is 0 Å². The van der Waals surface area contributed by atoms with Gasteiger partial charge in [0.1, 0.15) is 0 Å². The van der Waals surface area contributed by atoms with Crippen LogP contribution in [0, 0.1) is 0 Å². The lowest BCUT2D eigenvalue weighted by molar-refractivity contribution is 0.310. The van der Waals surface area contributed by atoms with Crippen LogP contribution in [0.1, 0.15) is 0 Å². The maximum absolute atomic E-state index is 9.84. The minimum atomic E-state index is -1.52. The Morgan fingerprint density at radius 3 is 3.00 bits per heavy atom. The highest BCUT2D eigenvalue weighted by molar-refractivity contribution is 7.79. The fourth-order valence-electron chi connectivity index (χ4n) is 0.129. The largest absolute Gasteiger partial charge is 0.309 e. The predicted octanol–water partition coefficient (Wildman–Crippen LogP) is -0.995. The highest BCUT2D eigenvalue weighted by Gasteiger charge is 1.98. The van der Waals surface area contributed by atoms with Crippen molar-refractivity contribution in [3.63, 3.8) is 0 Å². The van der Waals surface area contributed by atoms with E-state index < -0.39 is 11.3 Å². The molecule has 33 valence electrons. The van der Waals surface area contributed by atoms with Crippen molar-refractivity contribution in [3.05, 3.63) is 0 Å². The summed E-state index contributed by atoms with van der Waals surface area (Å²) in [5.41, 5.74) is 2.06. The second-order valence-electron chi connectivity index (χ2n) is 0.606. The first kappa shape index (κ1) is 3.76. The summed E-state index contributed by atoms with van der Waals surface area (Å²) in [5, 5.41) is 0. The normalized spacial score (nSPS) is 30.3. The minimum Gasteiger partial charge on any atom is -0.228 e. The van der Waals surface area contributed by atoms with Crippen LogP contribution in [0.3, 0.4) is 0 Å². The Balaban J connectivity index is 2.59. The number of nitrogens with zero attached hydrogens (tertiary/aromatic N) is 1. The molecule has 6 heavy (non-hydrogen) atoms. The third-order valence-corrected chi connectivity index (χ3v) is 0.745. The highest BCUT2D eigenvalue weighted by Crippen LogP contribution is 1.84. The van der Waals surface area contributed by atoms with Gasteiger partial charge in [-0.05, 0) is 0 Å². The smallest absolute Gasteiger partial charge is 0.228 e. The van der Waals surface area contributed by atoms with Gasteiger partial charge in [-0.3, -0.25) is 0 Å². The van der Waals surface area contributed by atoms with Crippen LogP contribution < -0.4 is 5.48 Å². The van der Waals surface area contributed by atoms with Crippen molar-refractivity contribution in [2.24, 2.45) is 4.40 Å². The molecule has 5 heteroatoms.